The number of rotatable bonds is 5. The highest BCUT2D eigenvalue weighted by Crippen LogP contribution is 2.23. The van der Waals surface area contributed by atoms with Gasteiger partial charge in [0, 0.05) is 24.8 Å². The summed E-state index contributed by atoms with van der Waals surface area (Å²) in [6, 6.07) is 10.1. The summed E-state index contributed by atoms with van der Waals surface area (Å²) in [5.74, 6) is 0.744. The van der Waals surface area contributed by atoms with E-state index in [0.29, 0.717) is 22.4 Å². The van der Waals surface area contributed by atoms with Crippen LogP contribution in [0.1, 0.15) is 11.1 Å². The molecule has 13 heteroatoms. The summed E-state index contributed by atoms with van der Waals surface area (Å²) in [6.07, 6.45) is 6.18. The smallest absolute Gasteiger partial charge is 0.326 e. The maximum Gasteiger partial charge on any atom is 0.326 e. The Morgan fingerprint density at radius 3 is 2.08 bits per heavy atom. The van der Waals surface area contributed by atoms with Gasteiger partial charge in [0.2, 0.25) is 0 Å². The van der Waals surface area contributed by atoms with Crippen molar-refractivity contribution in [2.45, 2.75) is 13.8 Å². The molecule has 4 heterocycles. The van der Waals surface area contributed by atoms with E-state index in [-0.39, 0.29) is 11.6 Å². The van der Waals surface area contributed by atoms with Crippen LogP contribution in [0.15, 0.2) is 67.3 Å². The lowest BCUT2D eigenvalue weighted by Gasteiger charge is -2.10. The van der Waals surface area contributed by atoms with Gasteiger partial charge in [-0.05, 0) is 61.4 Å². The number of hydrogen-bond acceptors (Lipinski definition) is 7. The van der Waals surface area contributed by atoms with Crippen LogP contribution in [0.5, 0.6) is 5.75 Å². The van der Waals surface area contributed by atoms with Gasteiger partial charge < -0.3 is 4.74 Å². The molecule has 0 saturated heterocycles. The molecule has 4 aromatic heterocycles. The van der Waals surface area contributed by atoms with Gasteiger partial charge in [0.15, 0.2) is 29.0 Å². The number of pyridine rings is 4. The molecule has 4 aromatic rings. The Balaban J connectivity index is 0.000000212. The van der Waals surface area contributed by atoms with Crippen molar-refractivity contribution in [3.63, 3.8) is 0 Å². The van der Waals surface area contributed by atoms with Gasteiger partial charge in [-0.3, -0.25) is 21.3 Å². The Morgan fingerprint density at radius 1 is 0.789 bits per heavy atom. The molecule has 0 radical (unpaired) electrons. The zero-order valence-corrected chi connectivity index (χ0v) is 21.4. The number of urea groups is 2. The van der Waals surface area contributed by atoms with Crippen molar-refractivity contribution in [3.8, 4) is 5.75 Å². The van der Waals surface area contributed by atoms with Gasteiger partial charge in [-0.15, -0.1) is 0 Å². The van der Waals surface area contributed by atoms with Crippen molar-refractivity contribution in [3.05, 3.63) is 89.2 Å². The van der Waals surface area contributed by atoms with E-state index < -0.39 is 17.9 Å². The Morgan fingerprint density at radius 2 is 1.42 bits per heavy atom. The van der Waals surface area contributed by atoms with Crippen LogP contribution in [-0.4, -0.2) is 39.1 Å². The molecule has 0 aromatic carbocycles. The number of carbonyl (C=O) groups excluding carboxylic acids is 2. The molecule has 0 bridgehead atoms. The lowest BCUT2D eigenvalue weighted by molar-refractivity contribution is 0.261. The van der Waals surface area contributed by atoms with E-state index in [1.807, 2.05) is 19.9 Å². The van der Waals surface area contributed by atoms with Crippen LogP contribution < -0.4 is 26.0 Å². The summed E-state index contributed by atoms with van der Waals surface area (Å²) in [6.45, 7) is 3.77. The maximum atomic E-state index is 13.2. The number of ether oxygens (including phenoxy) is 1. The number of anilines is 4. The largest absolute Gasteiger partial charge is 0.493 e. The van der Waals surface area contributed by atoms with Crippen LogP contribution in [0.4, 0.5) is 37.3 Å². The number of aromatic nitrogens is 4. The van der Waals surface area contributed by atoms with Crippen molar-refractivity contribution in [1.82, 2.24) is 19.9 Å². The lowest BCUT2D eigenvalue weighted by atomic mass is 10.3. The molecule has 4 amide bonds. The van der Waals surface area contributed by atoms with Crippen LogP contribution in [0, 0.1) is 19.7 Å². The highest BCUT2D eigenvalue weighted by molar-refractivity contribution is 6.33. The molecule has 0 aliphatic rings. The van der Waals surface area contributed by atoms with E-state index in [2.05, 4.69) is 41.2 Å². The molecular weight excluding hydrogens is 515 g/mol. The molecular formula is C25H24ClFN8O3. The van der Waals surface area contributed by atoms with Crippen LogP contribution in [0.25, 0.3) is 0 Å². The second-order valence-electron chi connectivity index (χ2n) is 7.61. The number of nitrogens with zero attached hydrogens (tertiary/aromatic N) is 4. The van der Waals surface area contributed by atoms with Crippen molar-refractivity contribution in [2.75, 3.05) is 28.4 Å². The molecule has 4 N–H and O–H groups in total. The molecule has 4 rings (SSSR count). The van der Waals surface area contributed by atoms with E-state index in [0.717, 1.165) is 11.1 Å². The predicted octanol–water partition coefficient (Wildman–Crippen LogP) is 5.66. The van der Waals surface area contributed by atoms with Gasteiger partial charge in [-0.1, -0.05) is 17.7 Å². The second-order valence-corrected chi connectivity index (χ2v) is 8.02. The minimum absolute atomic E-state index is 0.123. The number of amides is 4. The van der Waals surface area contributed by atoms with Gasteiger partial charge in [0.1, 0.15) is 5.82 Å². The molecule has 0 spiro atoms. The Hall–Kier alpha value is -4.84. The Labute approximate surface area is 222 Å². The Bertz CT molecular complexity index is 1410. The standard InChI is InChI=1S/C13H13ClN4O2.C12H11FN4O/c1-8-6-10(20-2)12(16-7-8)18-13(19)17-11-9(14)4-3-5-15-11;1-8-4-5-10(15-7-8)16-12(18)17-11-9(13)3-2-6-14-11/h3-7H,1-2H3,(H2,15,16,17,18,19);2-7H,1H3,(H2,14,15,16,17,18). The topological polar surface area (TPSA) is 143 Å². The minimum Gasteiger partial charge on any atom is -0.493 e. The average Bonchev–Trinajstić information content (AvgIpc) is 2.89. The van der Waals surface area contributed by atoms with E-state index >= 15 is 0 Å². The van der Waals surface area contributed by atoms with Crippen LogP contribution in [0.2, 0.25) is 5.02 Å². The van der Waals surface area contributed by atoms with Crippen LogP contribution >= 0.6 is 11.6 Å². The molecule has 0 unspecified atom stereocenters. The van der Waals surface area contributed by atoms with Gasteiger partial charge in [-0.25, -0.2) is 33.9 Å². The molecule has 0 aliphatic heterocycles. The van der Waals surface area contributed by atoms with Crippen LogP contribution in [-0.2, 0) is 0 Å². The quantitative estimate of drug-likeness (QED) is 0.257. The number of methoxy groups -OCH3 is 1. The minimum atomic E-state index is -0.594. The van der Waals surface area contributed by atoms with Crippen molar-refractivity contribution in [1.29, 1.82) is 0 Å². The van der Waals surface area contributed by atoms with E-state index in [1.165, 1.54) is 31.6 Å². The monoisotopic (exact) mass is 538 g/mol. The predicted molar refractivity (Wildman–Crippen MR) is 143 cm³/mol. The van der Waals surface area contributed by atoms with Gasteiger partial charge in [0.25, 0.3) is 0 Å². The molecule has 38 heavy (non-hydrogen) atoms. The number of aryl methyl sites for hydroxylation is 2. The van der Waals surface area contributed by atoms with Gasteiger partial charge in [-0.2, -0.15) is 0 Å². The molecule has 0 aliphatic carbocycles. The van der Waals surface area contributed by atoms with E-state index in [9.17, 15) is 14.0 Å². The fourth-order valence-corrected chi connectivity index (χ4v) is 2.96. The summed E-state index contributed by atoms with van der Waals surface area (Å²) in [4.78, 5) is 39.2. The van der Waals surface area contributed by atoms with Crippen LogP contribution in [0.3, 0.4) is 0 Å². The maximum absolute atomic E-state index is 13.2. The van der Waals surface area contributed by atoms with Crippen molar-refractivity contribution >= 4 is 46.9 Å². The highest BCUT2D eigenvalue weighted by atomic mass is 35.5. The van der Waals surface area contributed by atoms with Crippen molar-refractivity contribution in [2.24, 2.45) is 0 Å². The molecule has 0 saturated carbocycles. The Kier molecular flexibility index (Phi) is 9.83. The van der Waals surface area contributed by atoms with E-state index in [1.54, 1.807) is 36.7 Å². The fraction of sp³-hybridized carbons (Fsp3) is 0.120. The molecule has 0 fully saturated rings. The highest BCUT2D eigenvalue weighted by Gasteiger charge is 2.11. The first kappa shape index (κ1) is 27.7. The number of nitrogens with one attached hydrogen (secondary N) is 4. The normalized spacial score (nSPS) is 9.92. The SMILES string of the molecule is COc1cc(C)cnc1NC(=O)Nc1ncccc1Cl.Cc1ccc(NC(=O)Nc2ncccc2F)nc1. The second kappa shape index (κ2) is 13.5. The molecule has 11 nitrogen and oxygen atoms in total. The lowest BCUT2D eigenvalue weighted by Crippen LogP contribution is -2.21. The van der Waals surface area contributed by atoms with E-state index in [4.69, 9.17) is 16.3 Å². The van der Waals surface area contributed by atoms with Crippen molar-refractivity contribution < 1.29 is 18.7 Å². The number of hydrogen-bond donors (Lipinski definition) is 4. The fourth-order valence-electron chi connectivity index (χ4n) is 2.79. The number of carbonyl (C=O) groups is 2. The average molecular weight is 539 g/mol. The zero-order chi connectivity index (χ0) is 27.5. The summed E-state index contributed by atoms with van der Waals surface area (Å²) in [7, 11) is 1.51. The van der Waals surface area contributed by atoms with Gasteiger partial charge in [0.05, 0.1) is 12.1 Å². The van der Waals surface area contributed by atoms with Gasteiger partial charge >= 0.3 is 12.1 Å². The number of halogens is 2. The first-order chi connectivity index (χ1) is 18.2. The first-order valence-corrected chi connectivity index (χ1v) is 11.4. The molecule has 196 valence electrons. The summed E-state index contributed by atoms with van der Waals surface area (Å²) in [5, 5.41) is 10.2. The third-order valence-electron chi connectivity index (χ3n) is 4.58. The summed E-state index contributed by atoms with van der Waals surface area (Å²) in [5.41, 5.74) is 1.91. The summed E-state index contributed by atoms with van der Waals surface area (Å²) < 4.78 is 18.4. The molecule has 0 atom stereocenters. The first-order valence-electron chi connectivity index (χ1n) is 11.1. The third-order valence-corrected chi connectivity index (χ3v) is 4.88. The third kappa shape index (κ3) is 8.38. The summed E-state index contributed by atoms with van der Waals surface area (Å²) >= 11 is 5.91. The zero-order valence-electron chi connectivity index (χ0n) is 20.6.